The van der Waals surface area contributed by atoms with E-state index in [1.54, 1.807) is 18.6 Å². The van der Waals surface area contributed by atoms with E-state index in [4.69, 9.17) is 11.6 Å². The minimum absolute atomic E-state index is 0.479. The number of halogens is 1. The number of nitrogens with zero attached hydrogens (tertiary/aromatic N) is 4. The molecule has 4 rings (SSSR count). The van der Waals surface area contributed by atoms with Crippen LogP contribution in [0.5, 0.6) is 0 Å². The van der Waals surface area contributed by atoms with Gasteiger partial charge in [0.1, 0.15) is 10.2 Å². The van der Waals surface area contributed by atoms with Crippen LogP contribution in [0.2, 0.25) is 5.15 Å². The van der Waals surface area contributed by atoms with Gasteiger partial charge >= 0.3 is 0 Å². The van der Waals surface area contributed by atoms with Crippen molar-refractivity contribution in [3.05, 3.63) is 54.2 Å². The van der Waals surface area contributed by atoms with Crippen LogP contribution in [0, 0.1) is 0 Å². The van der Waals surface area contributed by atoms with Crippen LogP contribution in [0.25, 0.3) is 32.0 Å². The number of rotatable bonds is 2. The fraction of sp³-hybridized carbons (Fsp3) is 0.0625. The lowest BCUT2D eigenvalue weighted by Gasteiger charge is -2.01. The van der Waals surface area contributed by atoms with Crippen LogP contribution in [0.15, 0.2) is 49.1 Å². The summed E-state index contributed by atoms with van der Waals surface area (Å²) in [6, 6.07) is 7.91. The van der Waals surface area contributed by atoms with E-state index in [1.165, 1.54) is 11.3 Å². The highest BCUT2D eigenvalue weighted by Gasteiger charge is 2.17. The van der Waals surface area contributed by atoms with Gasteiger partial charge in [-0.05, 0) is 24.3 Å². The lowest BCUT2D eigenvalue weighted by atomic mass is 10.2. The molecule has 0 saturated carbocycles. The summed E-state index contributed by atoms with van der Waals surface area (Å²) >= 11 is 7.90. The Balaban J connectivity index is 1.91. The predicted octanol–water partition coefficient (Wildman–Crippen LogP) is 4.41. The Kier molecular flexibility index (Phi) is 3.17. The van der Waals surface area contributed by atoms with Crippen LogP contribution in [0.1, 0.15) is 0 Å². The summed E-state index contributed by atoms with van der Waals surface area (Å²) in [5.41, 5.74) is 2.95. The summed E-state index contributed by atoms with van der Waals surface area (Å²) in [7, 11) is 2.02. The summed E-state index contributed by atoms with van der Waals surface area (Å²) in [5.74, 6) is 0. The van der Waals surface area contributed by atoms with Crippen LogP contribution >= 0.6 is 22.9 Å². The third-order valence-corrected chi connectivity index (χ3v) is 5.02. The molecular weight excluding hydrogens is 316 g/mol. The molecule has 0 bridgehead atoms. The van der Waals surface area contributed by atoms with Crippen molar-refractivity contribution in [2.45, 2.75) is 0 Å². The molecule has 0 aliphatic carbocycles. The van der Waals surface area contributed by atoms with E-state index in [1.807, 2.05) is 31.4 Å². The largest absolute Gasteiger partial charge is 0.350 e. The second-order valence-corrected chi connectivity index (χ2v) is 6.26. The van der Waals surface area contributed by atoms with Crippen molar-refractivity contribution in [3.63, 3.8) is 0 Å². The van der Waals surface area contributed by atoms with Crippen molar-refractivity contribution in [1.29, 1.82) is 0 Å². The third kappa shape index (κ3) is 2.10. The van der Waals surface area contributed by atoms with E-state index in [0.29, 0.717) is 5.15 Å². The van der Waals surface area contributed by atoms with Crippen LogP contribution in [-0.2, 0) is 7.05 Å². The second-order valence-electron chi connectivity index (χ2n) is 4.90. The Morgan fingerprint density at radius 1 is 1.18 bits per heavy atom. The first-order chi connectivity index (χ1) is 10.7. The maximum atomic E-state index is 6.37. The van der Waals surface area contributed by atoms with E-state index in [0.717, 1.165) is 32.0 Å². The van der Waals surface area contributed by atoms with Crippen LogP contribution in [0.3, 0.4) is 0 Å². The van der Waals surface area contributed by atoms with E-state index in [2.05, 4.69) is 25.6 Å². The van der Waals surface area contributed by atoms with Gasteiger partial charge in [0.05, 0.1) is 16.1 Å². The molecule has 0 N–H and O–H groups in total. The first-order valence-corrected chi connectivity index (χ1v) is 7.90. The SMILES string of the molecule is Cn1ccc2c(-c3sc(-c4cccnc4)nc3Cl)nccc21. The average Bonchev–Trinajstić information content (AvgIpc) is 3.12. The fourth-order valence-corrected chi connectivity index (χ4v) is 3.74. The molecule has 4 nitrogen and oxygen atoms in total. The van der Waals surface area contributed by atoms with Crippen molar-refractivity contribution in [3.8, 4) is 21.1 Å². The van der Waals surface area contributed by atoms with Crippen LogP contribution < -0.4 is 0 Å². The Hall–Kier alpha value is -2.24. The van der Waals surface area contributed by atoms with Crippen molar-refractivity contribution < 1.29 is 0 Å². The highest BCUT2D eigenvalue weighted by Crippen LogP contribution is 2.39. The summed E-state index contributed by atoms with van der Waals surface area (Å²) < 4.78 is 2.07. The van der Waals surface area contributed by atoms with Gasteiger partial charge in [0.2, 0.25) is 0 Å². The summed E-state index contributed by atoms with van der Waals surface area (Å²) in [4.78, 5) is 14.0. The van der Waals surface area contributed by atoms with E-state index >= 15 is 0 Å². The number of hydrogen-bond donors (Lipinski definition) is 0. The number of aryl methyl sites for hydroxylation is 1. The predicted molar refractivity (Wildman–Crippen MR) is 90.1 cm³/mol. The topological polar surface area (TPSA) is 43.6 Å². The third-order valence-electron chi connectivity index (χ3n) is 3.52. The molecule has 0 radical (unpaired) electrons. The van der Waals surface area contributed by atoms with E-state index in [9.17, 15) is 0 Å². The Morgan fingerprint density at radius 3 is 2.91 bits per heavy atom. The lowest BCUT2D eigenvalue weighted by Crippen LogP contribution is -1.86. The molecule has 22 heavy (non-hydrogen) atoms. The first kappa shape index (κ1) is 13.4. The van der Waals surface area contributed by atoms with Gasteiger partial charge in [0, 0.05) is 42.8 Å². The van der Waals surface area contributed by atoms with Gasteiger partial charge in [0.25, 0.3) is 0 Å². The van der Waals surface area contributed by atoms with Gasteiger partial charge in [-0.3, -0.25) is 9.97 Å². The average molecular weight is 327 g/mol. The lowest BCUT2D eigenvalue weighted by molar-refractivity contribution is 0.968. The first-order valence-electron chi connectivity index (χ1n) is 6.71. The number of thiazole rings is 1. The van der Waals surface area contributed by atoms with Crippen molar-refractivity contribution in [2.75, 3.05) is 0 Å². The van der Waals surface area contributed by atoms with Crippen molar-refractivity contribution >= 4 is 33.8 Å². The van der Waals surface area contributed by atoms with Gasteiger partial charge < -0.3 is 4.57 Å². The summed E-state index contributed by atoms with van der Waals surface area (Å²) in [5, 5.41) is 2.41. The molecule has 0 fully saturated rings. The highest BCUT2D eigenvalue weighted by molar-refractivity contribution is 7.19. The fourth-order valence-electron chi connectivity index (χ4n) is 2.44. The number of hydrogen-bond acceptors (Lipinski definition) is 4. The normalized spacial score (nSPS) is 11.2. The summed E-state index contributed by atoms with van der Waals surface area (Å²) in [6.45, 7) is 0. The maximum absolute atomic E-state index is 6.37. The standard InChI is InChI=1S/C16H11ClN4S/c1-21-8-5-11-12(21)4-7-19-13(11)14-15(17)20-16(22-14)10-3-2-6-18-9-10/h2-9H,1H3. The van der Waals surface area contributed by atoms with Gasteiger partial charge in [-0.25, -0.2) is 4.98 Å². The molecule has 0 amide bonds. The molecule has 0 saturated heterocycles. The molecular formula is C16H11ClN4S. The molecule has 108 valence electrons. The quantitative estimate of drug-likeness (QED) is 0.548. The molecule has 0 aliphatic heterocycles. The molecule has 0 atom stereocenters. The second kappa shape index (κ2) is 5.19. The highest BCUT2D eigenvalue weighted by atomic mass is 35.5. The number of fused-ring (bicyclic) bond motifs is 1. The number of pyridine rings is 2. The maximum Gasteiger partial charge on any atom is 0.150 e. The van der Waals surface area contributed by atoms with Gasteiger partial charge in [-0.2, -0.15) is 0 Å². The van der Waals surface area contributed by atoms with Crippen LogP contribution in [0.4, 0.5) is 0 Å². The minimum Gasteiger partial charge on any atom is -0.350 e. The van der Waals surface area contributed by atoms with Crippen LogP contribution in [-0.4, -0.2) is 19.5 Å². The van der Waals surface area contributed by atoms with Gasteiger partial charge in [-0.1, -0.05) is 11.6 Å². The molecule has 4 heterocycles. The number of aromatic nitrogens is 4. The van der Waals surface area contributed by atoms with Crippen molar-refractivity contribution in [2.24, 2.45) is 7.05 Å². The molecule has 4 aromatic heterocycles. The minimum atomic E-state index is 0.479. The Bertz CT molecular complexity index is 959. The van der Waals surface area contributed by atoms with Gasteiger partial charge in [0.15, 0.2) is 0 Å². The monoisotopic (exact) mass is 326 g/mol. The van der Waals surface area contributed by atoms with E-state index < -0.39 is 0 Å². The zero-order valence-electron chi connectivity index (χ0n) is 11.7. The molecule has 0 aromatic carbocycles. The molecule has 0 aliphatic rings. The van der Waals surface area contributed by atoms with Gasteiger partial charge in [-0.15, -0.1) is 11.3 Å². The Labute approximate surface area is 136 Å². The summed E-state index contributed by atoms with van der Waals surface area (Å²) in [6.07, 6.45) is 7.35. The molecule has 0 spiro atoms. The van der Waals surface area contributed by atoms with Crippen molar-refractivity contribution in [1.82, 2.24) is 19.5 Å². The van der Waals surface area contributed by atoms with E-state index in [-0.39, 0.29) is 0 Å². The Morgan fingerprint density at radius 2 is 2.09 bits per heavy atom. The smallest absolute Gasteiger partial charge is 0.150 e. The molecule has 4 aromatic rings. The molecule has 6 heteroatoms. The zero-order chi connectivity index (χ0) is 15.1. The zero-order valence-corrected chi connectivity index (χ0v) is 13.3. The molecule has 0 unspecified atom stereocenters.